The minimum atomic E-state index is -4.14. The lowest BCUT2D eigenvalue weighted by Crippen LogP contribution is -2.26. The molecule has 0 aliphatic heterocycles. The van der Waals surface area contributed by atoms with Crippen LogP contribution < -0.4 is 10.2 Å². The second kappa shape index (κ2) is 6.92. The maximum absolute atomic E-state index is 12.2. The molecule has 0 radical (unpaired) electrons. The Hall–Kier alpha value is -1.30. The van der Waals surface area contributed by atoms with Crippen molar-refractivity contribution in [2.75, 3.05) is 18.5 Å². The molecule has 1 heterocycles. The van der Waals surface area contributed by atoms with Gasteiger partial charge < -0.3 is 10.2 Å². The molecule has 20 heavy (non-hydrogen) atoms. The first-order valence-electron chi connectivity index (χ1n) is 6.66. The van der Waals surface area contributed by atoms with Crippen LogP contribution in [0.25, 0.3) is 0 Å². The average Bonchev–Trinajstić information content (AvgIpc) is 2.32. The molecule has 1 aromatic rings. The van der Waals surface area contributed by atoms with Gasteiger partial charge in [0.2, 0.25) is 0 Å². The van der Waals surface area contributed by atoms with Crippen LogP contribution in [0.15, 0.2) is 12.1 Å². The predicted molar refractivity (Wildman–Crippen MR) is 74.9 cm³/mol. The highest BCUT2D eigenvalue weighted by atomic mass is 19.4. The molecule has 0 aliphatic rings. The third-order valence-corrected chi connectivity index (χ3v) is 2.84. The van der Waals surface area contributed by atoms with Gasteiger partial charge in [0.05, 0.1) is 6.42 Å². The molecule has 3 nitrogen and oxygen atoms in total. The molecule has 1 rings (SSSR count). The number of pyridine rings is 1. The lowest BCUT2D eigenvalue weighted by molar-refractivity contribution is -0.132. The van der Waals surface area contributed by atoms with Crippen molar-refractivity contribution in [3.63, 3.8) is 0 Å². The van der Waals surface area contributed by atoms with E-state index in [0.717, 1.165) is 11.3 Å². The van der Waals surface area contributed by atoms with Crippen LogP contribution in [0.1, 0.15) is 31.5 Å². The van der Waals surface area contributed by atoms with Gasteiger partial charge in [-0.1, -0.05) is 13.8 Å². The number of halogens is 3. The van der Waals surface area contributed by atoms with Crippen molar-refractivity contribution >= 4 is 5.82 Å². The quantitative estimate of drug-likeness (QED) is 0.871. The first-order valence-corrected chi connectivity index (χ1v) is 6.66. The van der Waals surface area contributed by atoms with Gasteiger partial charge in [0.15, 0.2) is 0 Å². The van der Waals surface area contributed by atoms with Gasteiger partial charge >= 0.3 is 6.18 Å². The van der Waals surface area contributed by atoms with E-state index >= 15 is 0 Å². The lowest BCUT2D eigenvalue weighted by Gasteiger charge is -2.20. The zero-order valence-electron chi connectivity index (χ0n) is 12.4. The molecule has 0 atom stereocenters. The number of aromatic nitrogens is 1. The van der Waals surface area contributed by atoms with Gasteiger partial charge in [-0.25, -0.2) is 4.98 Å². The van der Waals surface area contributed by atoms with Crippen molar-refractivity contribution in [2.24, 2.45) is 0 Å². The van der Waals surface area contributed by atoms with E-state index in [9.17, 15) is 13.2 Å². The summed E-state index contributed by atoms with van der Waals surface area (Å²) < 4.78 is 36.7. The minimum Gasteiger partial charge on any atom is -0.359 e. The van der Waals surface area contributed by atoms with Crippen LogP contribution in [-0.4, -0.2) is 30.8 Å². The van der Waals surface area contributed by atoms with E-state index in [1.807, 2.05) is 32.9 Å². The second-order valence-corrected chi connectivity index (χ2v) is 5.30. The molecule has 0 unspecified atom stereocenters. The third-order valence-electron chi connectivity index (χ3n) is 2.84. The fourth-order valence-electron chi connectivity index (χ4n) is 1.75. The summed E-state index contributed by atoms with van der Waals surface area (Å²) in [7, 11) is 1.63. The fourth-order valence-corrected chi connectivity index (χ4v) is 1.75. The van der Waals surface area contributed by atoms with Gasteiger partial charge in [0, 0.05) is 31.9 Å². The number of rotatable bonds is 6. The van der Waals surface area contributed by atoms with E-state index in [1.54, 1.807) is 11.9 Å². The summed E-state index contributed by atoms with van der Waals surface area (Å²) in [5.41, 5.74) is 1.84. The zero-order valence-corrected chi connectivity index (χ0v) is 12.4. The summed E-state index contributed by atoms with van der Waals surface area (Å²) in [6, 6.07) is 4.13. The monoisotopic (exact) mass is 289 g/mol. The lowest BCUT2D eigenvalue weighted by atomic mass is 10.2. The third kappa shape index (κ3) is 6.23. The Kier molecular flexibility index (Phi) is 5.80. The van der Waals surface area contributed by atoms with E-state index in [1.165, 1.54) is 0 Å². The van der Waals surface area contributed by atoms with Gasteiger partial charge in [0.25, 0.3) is 0 Å². The molecule has 6 heteroatoms. The van der Waals surface area contributed by atoms with Crippen LogP contribution in [-0.2, 0) is 6.54 Å². The van der Waals surface area contributed by atoms with Crippen molar-refractivity contribution in [1.82, 2.24) is 10.3 Å². The van der Waals surface area contributed by atoms with Crippen LogP contribution in [0.4, 0.5) is 19.0 Å². The molecule has 0 spiro atoms. The Morgan fingerprint density at radius 3 is 2.50 bits per heavy atom. The van der Waals surface area contributed by atoms with Crippen LogP contribution >= 0.6 is 0 Å². The number of aryl methyl sites for hydroxylation is 1. The van der Waals surface area contributed by atoms with Gasteiger partial charge in [-0.05, 0) is 24.6 Å². The summed E-state index contributed by atoms with van der Waals surface area (Å²) in [4.78, 5) is 5.83. The molecule has 0 bridgehead atoms. The summed E-state index contributed by atoms with van der Waals surface area (Å²) in [5.74, 6) is 0.579. The second-order valence-electron chi connectivity index (χ2n) is 5.30. The van der Waals surface area contributed by atoms with E-state index in [0.29, 0.717) is 18.4 Å². The summed E-state index contributed by atoms with van der Waals surface area (Å²) in [6.45, 7) is 6.53. The van der Waals surface area contributed by atoms with Crippen molar-refractivity contribution in [3.05, 3.63) is 23.4 Å². The molecule has 0 amide bonds. The largest absolute Gasteiger partial charge is 0.390 e. The van der Waals surface area contributed by atoms with Crippen LogP contribution in [0, 0.1) is 6.92 Å². The van der Waals surface area contributed by atoms with Crippen LogP contribution in [0.5, 0.6) is 0 Å². The number of alkyl halides is 3. The number of nitrogens with one attached hydrogen (secondary N) is 1. The number of anilines is 1. The van der Waals surface area contributed by atoms with Crippen LogP contribution in [0.3, 0.4) is 0 Å². The maximum atomic E-state index is 12.2. The van der Waals surface area contributed by atoms with Crippen LogP contribution in [0.2, 0.25) is 0 Å². The minimum absolute atomic E-state index is 0.0863. The van der Waals surface area contributed by atoms with Crippen molar-refractivity contribution in [2.45, 2.75) is 46.0 Å². The zero-order chi connectivity index (χ0) is 15.3. The normalized spacial score (nSPS) is 12.0. The Morgan fingerprint density at radius 2 is 1.95 bits per heavy atom. The van der Waals surface area contributed by atoms with Gasteiger partial charge in [-0.2, -0.15) is 13.2 Å². The van der Waals surface area contributed by atoms with E-state index in [2.05, 4.69) is 10.3 Å². The van der Waals surface area contributed by atoms with Gasteiger partial charge in [-0.15, -0.1) is 0 Å². The highest BCUT2D eigenvalue weighted by molar-refractivity contribution is 5.41. The SMILES string of the molecule is Cc1cc(CNC(C)C)cc(N(C)CCC(F)(F)F)n1. The average molecular weight is 289 g/mol. The van der Waals surface area contributed by atoms with E-state index in [4.69, 9.17) is 0 Å². The molecule has 1 N–H and O–H groups in total. The first kappa shape index (κ1) is 16.8. The fraction of sp³-hybridized carbons (Fsp3) is 0.643. The first-order chi connectivity index (χ1) is 9.17. The van der Waals surface area contributed by atoms with Gasteiger partial charge in [0.1, 0.15) is 5.82 Å². The molecular weight excluding hydrogens is 267 g/mol. The van der Waals surface area contributed by atoms with E-state index < -0.39 is 12.6 Å². The number of hydrogen-bond donors (Lipinski definition) is 1. The predicted octanol–water partition coefficient (Wildman–Crippen LogP) is 3.28. The summed E-state index contributed by atoms with van der Waals surface area (Å²) in [5, 5.41) is 3.29. The van der Waals surface area contributed by atoms with Gasteiger partial charge in [-0.3, -0.25) is 0 Å². The Labute approximate surface area is 118 Å². The Morgan fingerprint density at radius 1 is 1.30 bits per heavy atom. The Bertz CT molecular complexity index is 430. The Balaban J connectivity index is 2.73. The highest BCUT2D eigenvalue weighted by Gasteiger charge is 2.27. The molecule has 0 saturated carbocycles. The molecule has 0 saturated heterocycles. The maximum Gasteiger partial charge on any atom is 0.390 e. The van der Waals surface area contributed by atoms with Crippen molar-refractivity contribution in [1.29, 1.82) is 0 Å². The molecular formula is C14H22F3N3. The number of nitrogens with zero attached hydrogens (tertiary/aromatic N) is 2. The molecule has 114 valence electrons. The van der Waals surface area contributed by atoms with Crippen molar-refractivity contribution < 1.29 is 13.2 Å². The summed E-state index contributed by atoms with van der Waals surface area (Å²) >= 11 is 0. The van der Waals surface area contributed by atoms with E-state index in [-0.39, 0.29) is 6.54 Å². The topological polar surface area (TPSA) is 28.2 Å². The summed E-state index contributed by atoms with van der Waals surface area (Å²) in [6.07, 6.45) is -4.97. The molecule has 0 aromatic carbocycles. The standard InChI is InChI=1S/C14H22F3N3/c1-10(2)18-9-12-7-11(3)19-13(8-12)20(4)6-5-14(15,16)17/h7-8,10,18H,5-6,9H2,1-4H3. The highest BCUT2D eigenvalue weighted by Crippen LogP contribution is 2.21. The smallest absolute Gasteiger partial charge is 0.359 e. The molecule has 0 aliphatic carbocycles. The molecule has 0 fully saturated rings. The van der Waals surface area contributed by atoms with Crippen molar-refractivity contribution in [3.8, 4) is 0 Å². The number of hydrogen-bond acceptors (Lipinski definition) is 3. The molecule has 1 aromatic heterocycles.